The van der Waals surface area contributed by atoms with Crippen LogP contribution < -0.4 is 10.5 Å². The maximum Gasteiger partial charge on any atom is 0.256 e. The predicted octanol–water partition coefficient (Wildman–Crippen LogP) is 4.98. The van der Waals surface area contributed by atoms with Crippen LogP contribution in [0.25, 0.3) is 22.4 Å². The quantitative estimate of drug-likeness (QED) is 0.232. The van der Waals surface area contributed by atoms with Gasteiger partial charge in [-0.25, -0.2) is 9.97 Å². The molecule has 0 fully saturated rings. The molecule has 7 nitrogen and oxygen atoms in total. The number of halogens is 2. The number of nitrogens with zero attached hydrogens (tertiary/aromatic N) is 3. The van der Waals surface area contributed by atoms with E-state index in [2.05, 4.69) is 15.0 Å². The number of hydrogen-bond acceptors (Lipinski definition) is 6. The summed E-state index contributed by atoms with van der Waals surface area (Å²) in [6.07, 6.45) is 3.02. The van der Waals surface area contributed by atoms with E-state index < -0.39 is 17.8 Å². The molecule has 3 aromatic heterocycles. The summed E-state index contributed by atoms with van der Waals surface area (Å²) in [7, 11) is 0. The molecule has 1 aromatic carbocycles. The Morgan fingerprint density at radius 2 is 1.89 bits per heavy atom. The minimum atomic E-state index is -0.753. The van der Waals surface area contributed by atoms with E-state index in [4.69, 9.17) is 20.6 Å². The molecule has 1 unspecified atom stereocenters. The number of ether oxygens (including phenoxy) is 2. The molecule has 1 aliphatic rings. The van der Waals surface area contributed by atoms with Crippen LogP contribution in [0.5, 0.6) is 11.5 Å². The largest absolute Gasteiger partial charge is 0.452 e. The maximum atomic E-state index is 15.2. The van der Waals surface area contributed by atoms with Gasteiger partial charge in [0.1, 0.15) is 18.2 Å². The molecule has 1 atom stereocenters. The number of fused-ring (bicyclic) bond motifs is 2. The van der Waals surface area contributed by atoms with Crippen molar-refractivity contribution in [3.05, 3.63) is 89.6 Å². The Balaban J connectivity index is 1.63. The van der Waals surface area contributed by atoms with Crippen LogP contribution in [-0.2, 0) is 4.74 Å². The number of benzene rings is 1. The van der Waals surface area contributed by atoms with E-state index in [9.17, 15) is 4.39 Å². The number of nitrogens with one attached hydrogen (secondary N) is 1. The highest BCUT2D eigenvalue weighted by atomic mass is 19.1. The molecular weight excluding hydrogens is 452 g/mol. The summed E-state index contributed by atoms with van der Waals surface area (Å²) in [5.41, 5.74) is 9.50. The molecule has 0 saturated carbocycles. The normalized spacial score (nSPS) is 14.1. The highest BCUT2D eigenvalue weighted by Gasteiger charge is 2.32. The summed E-state index contributed by atoms with van der Waals surface area (Å²) in [6, 6.07) is 13.8. The number of aryl methyl sites for hydroxylation is 1. The van der Waals surface area contributed by atoms with Crippen molar-refractivity contribution in [2.45, 2.75) is 12.8 Å². The van der Waals surface area contributed by atoms with Gasteiger partial charge in [0.05, 0.1) is 12.3 Å². The first-order valence-corrected chi connectivity index (χ1v) is 10.9. The van der Waals surface area contributed by atoms with Gasteiger partial charge in [-0.3, -0.25) is 10.4 Å². The molecule has 176 valence electrons. The van der Waals surface area contributed by atoms with Crippen LogP contribution >= 0.6 is 0 Å². The van der Waals surface area contributed by atoms with E-state index in [1.54, 1.807) is 48.7 Å². The molecule has 0 amide bonds. The second-order valence-electron chi connectivity index (χ2n) is 8.19. The molecular formula is C26H21F2N5O2. The Morgan fingerprint density at radius 3 is 2.66 bits per heavy atom. The van der Waals surface area contributed by atoms with Gasteiger partial charge in [-0.05, 0) is 55.0 Å². The number of nitrogens with two attached hydrogens (primary N) is 1. The molecule has 4 aromatic rings. The lowest BCUT2D eigenvalue weighted by atomic mass is 9.86. The van der Waals surface area contributed by atoms with Gasteiger partial charge in [0.25, 0.3) is 5.95 Å². The van der Waals surface area contributed by atoms with Crippen molar-refractivity contribution in [2.75, 3.05) is 13.2 Å². The molecule has 4 heterocycles. The standard InChI is InChI=1S/C26H21F2N5O2/c1-14-9-16(6-8-31-14)21-11-19-20(12-34-13-23(29)30)18-10-15(17-3-2-7-32-25(17)27)4-5-22(18)35-24(19)26(28)33-21/h2-11,20H,12-13H2,1H3,(H3,29,30). The highest BCUT2D eigenvalue weighted by Crippen LogP contribution is 2.47. The third-order valence-corrected chi connectivity index (χ3v) is 5.74. The fourth-order valence-electron chi connectivity index (χ4n) is 4.16. The second kappa shape index (κ2) is 9.19. The monoisotopic (exact) mass is 473 g/mol. The summed E-state index contributed by atoms with van der Waals surface area (Å²) in [6.45, 7) is 1.86. The van der Waals surface area contributed by atoms with Gasteiger partial charge >= 0.3 is 0 Å². The fourth-order valence-corrected chi connectivity index (χ4v) is 4.16. The minimum absolute atomic E-state index is 0.00348. The van der Waals surface area contributed by atoms with Crippen molar-refractivity contribution in [3.8, 4) is 33.9 Å². The Hall–Kier alpha value is -4.24. The van der Waals surface area contributed by atoms with Crippen molar-refractivity contribution in [2.24, 2.45) is 5.73 Å². The number of pyridine rings is 3. The van der Waals surface area contributed by atoms with Gasteiger partial charge < -0.3 is 15.2 Å². The molecule has 5 rings (SSSR count). The maximum absolute atomic E-state index is 15.2. The van der Waals surface area contributed by atoms with Crippen molar-refractivity contribution in [1.29, 1.82) is 5.41 Å². The first-order chi connectivity index (χ1) is 16.9. The molecule has 0 radical (unpaired) electrons. The average Bonchev–Trinajstić information content (AvgIpc) is 2.84. The van der Waals surface area contributed by atoms with E-state index in [-0.39, 0.29) is 24.8 Å². The Bertz CT molecular complexity index is 1440. The lowest BCUT2D eigenvalue weighted by Crippen LogP contribution is -2.22. The lowest BCUT2D eigenvalue weighted by molar-refractivity contribution is 0.159. The number of hydrogen-bond donors (Lipinski definition) is 2. The molecule has 0 saturated heterocycles. The van der Waals surface area contributed by atoms with Gasteiger partial charge in [0, 0.05) is 46.3 Å². The Morgan fingerprint density at radius 1 is 1.03 bits per heavy atom. The predicted molar refractivity (Wildman–Crippen MR) is 126 cm³/mol. The van der Waals surface area contributed by atoms with Crippen LogP contribution in [0.15, 0.2) is 60.9 Å². The van der Waals surface area contributed by atoms with Gasteiger partial charge in [-0.2, -0.15) is 8.78 Å². The fraction of sp³-hybridized carbons (Fsp3) is 0.154. The molecule has 0 aliphatic carbocycles. The zero-order valence-electron chi connectivity index (χ0n) is 18.8. The molecule has 35 heavy (non-hydrogen) atoms. The molecule has 9 heteroatoms. The van der Waals surface area contributed by atoms with Crippen molar-refractivity contribution in [1.82, 2.24) is 15.0 Å². The smallest absolute Gasteiger partial charge is 0.256 e. The lowest BCUT2D eigenvalue weighted by Gasteiger charge is -2.29. The van der Waals surface area contributed by atoms with Crippen molar-refractivity contribution in [3.63, 3.8) is 0 Å². The van der Waals surface area contributed by atoms with Crippen LogP contribution in [0.1, 0.15) is 22.7 Å². The molecule has 3 N–H and O–H groups in total. The number of aromatic nitrogens is 3. The summed E-state index contributed by atoms with van der Waals surface area (Å²) in [5.74, 6) is -1.54. The molecule has 1 aliphatic heterocycles. The summed E-state index contributed by atoms with van der Waals surface area (Å²) >= 11 is 0. The first kappa shape index (κ1) is 22.5. The summed E-state index contributed by atoms with van der Waals surface area (Å²) in [4.78, 5) is 12.0. The van der Waals surface area contributed by atoms with Gasteiger partial charge in [-0.15, -0.1) is 0 Å². The average molecular weight is 473 g/mol. The minimum Gasteiger partial charge on any atom is -0.452 e. The van der Waals surface area contributed by atoms with Gasteiger partial charge in [0.15, 0.2) is 5.75 Å². The van der Waals surface area contributed by atoms with Crippen LogP contribution in [0, 0.1) is 24.2 Å². The third kappa shape index (κ3) is 4.45. The number of amidine groups is 1. The summed E-state index contributed by atoms with van der Waals surface area (Å²) < 4.78 is 41.2. The summed E-state index contributed by atoms with van der Waals surface area (Å²) in [5, 5.41) is 7.48. The molecule has 0 bridgehead atoms. The van der Waals surface area contributed by atoms with E-state index in [0.29, 0.717) is 39.3 Å². The van der Waals surface area contributed by atoms with E-state index in [1.807, 2.05) is 13.0 Å². The zero-order valence-corrected chi connectivity index (χ0v) is 18.8. The van der Waals surface area contributed by atoms with Crippen LogP contribution in [0.3, 0.4) is 0 Å². The second-order valence-corrected chi connectivity index (χ2v) is 8.19. The Kier molecular flexibility index (Phi) is 5.92. The SMILES string of the molecule is Cc1cc(-c2cc3c(c(F)n2)Oc2ccc(-c4cccnc4F)cc2C3COCC(=N)N)ccn1. The van der Waals surface area contributed by atoms with Gasteiger partial charge in [-0.1, -0.05) is 6.07 Å². The highest BCUT2D eigenvalue weighted by molar-refractivity contribution is 5.78. The first-order valence-electron chi connectivity index (χ1n) is 10.9. The topological polar surface area (TPSA) is 107 Å². The van der Waals surface area contributed by atoms with E-state index in [1.165, 1.54) is 6.20 Å². The van der Waals surface area contributed by atoms with Crippen LogP contribution in [0.2, 0.25) is 0 Å². The number of rotatable bonds is 6. The molecule has 0 spiro atoms. The van der Waals surface area contributed by atoms with E-state index in [0.717, 1.165) is 5.69 Å². The Labute approximate surface area is 200 Å². The zero-order chi connectivity index (χ0) is 24.5. The van der Waals surface area contributed by atoms with Crippen molar-refractivity contribution >= 4 is 5.84 Å². The third-order valence-electron chi connectivity index (χ3n) is 5.74. The van der Waals surface area contributed by atoms with Gasteiger partial charge in [0.2, 0.25) is 5.95 Å². The van der Waals surface area contributed by atoms with Crippen molar-refractivity contribution < 1.29 is 18.3 Å². The van der Waals surface area contributed by atoms with Crippen LogP contribution in [0.4, 0.5) is 8.78 Å². The van der Waals surface area contributed by atoms with E-state index >= 15 is 4.39 Å². The van der Waals surface area contributed by atoms with Crippen LogP contribution in [-0.4, -0.2) is 34.0 Å².